The maximum absolute atomic E-state index is 14.7. The molecule has 12 heteroatoms. The van der Waals surface area contributed by atoms with Crippen LogP contribution in [0.4, 0.5) is 14.7 Å². The second kappa shape index (κ2) is 9.50. The number of benzene rings is 1. The minimum Gasteiger partial charge on any atom is -0.369 e. The summed E-state index contributed by atoms with van der Waals surface area (Å²) >= 11 is 1.31. The molecule has 0 spiro atoms. The van der Waals surface area contributed by atoms with E-state index in [9.17, 15) is 13.6 Å². The maximum Gasteiger partial charge on any atom is 0.223 e. The Labute approximate surface area is 201 Å². The fraction of sp³-hybridized carbons (Fsp3) is 0.130. The number of rotatable bonds is 8. The number of halogens is 2. The van der Waals surface area contributed by atoms with E-state index in [2.05, 4.69) is 30.6 Å². The fourth-order valence-corrected chi connectivity index (χ4v) is 4.87. The SMILES string of the molecule is NC(=O)Cc1cnc(F)cc1-c1cccc2cc(-c3nc(NCCn4ccnn4)ncc3F)sc12. The molecule has 0 radical (unpaired) electrons. The highest BCUT2D eigenvalue weighted by Gasteiger charge is 2.17. The molecule has 35 heavy (non-hydrogen) atoms. The van der Waals surface area contributed by atoms with Gasteiger partial charge in [0.1, 0.15) is 5.69 Å². The van der Waals surface area contributed by atoms with Crippen molar-refractivity contribution < 1.29 is 13.6 Å². The van der Waals surface area contributed by atoms with Crippen LogP contribution in [0.5, 0.6) is 0 Å². The molecular formula is C23H18F2N8OS. The van der Waals surface area contributed by atoms with E-state index in [1.54, 1.807) is 17.1 Å². The molecule has 0 saturated carbocycles. The van der Waals surface area contributed by atoms with Crippen LogP contribution < -0.4 is 11.1 Å². The van der Waals surface area contributed by atoms with Crippen molar-refractivity contribution in [1.82, 2.24) is 29.9 Å². The van der Waals surface area contributed by atoms with Crippen molar-refractivity contribution in [2.24, 2.45) is 5.73 Å². The summed E-state index contributed by atoms with van der Waals surface area (Å²) in [7, 11) is 0. The van der Waals surface area contributed by atoms with E-state index in [1.807, 2.05) is 24.3 Å². The summed E-state index contributed by atoms with van der Waals surface area (Å²) in [5.74, 6) is -1.51. The van der Waals surface area contributed by atoms with Gasteiger partial charge in [0.05, 0.1) is 30.2 Å². The third-order valence-electron chi connectivity index (χ3n) is 5.23. The molecule has 9 nitrogen and oxygen atoms in total. The van der Waals surface area contributed by atoms with Crippen molar-refractivity contribution in [2.75, 3.05) is 11.9 Å². The van der Waals surface area contributed by atoms with Gasteiger partial charge in [-0.3, -0.25) is 9.48 Å². The van der Waals surface area contributed by atoms with Gasteiger partial charge in [-0.1, -0.05) is 23.4 Å². The van der Waals surface area contributed by atoms with Gasteiger partial charge < -0.3 is 11.1 Å². The Morgan fingerprint density at radius 3 is 2.83 bits per heavy atom. The number of fused-ring (bicyclic) bond motifs is 1. The van der Waals surface area contributed by atoms with Gasteiger partial charge in [0.2, 0.25) is 17.8 Å². The van der Waals surface area contributed by atoms with Crippen LogP contribution in [0, 0.1) is 11.8 Å². The largest absolute Gasteiger partial charge is 0.369 e. The molecule has 0 fully saturated rings. The minimum atomic E-state index is -0.676. The molecule has 1 amide bonds. The molecule has 5 rings (SSSR count). The summed E-state index contributed by atoms with van der Waals surface area (Å²) in [6, 6.07) is 8.60. The summed E-state index contributed by atoms with van der Waals surface area (Å²) < 4.78 is 31.2. The van der Waals surface area contributed by atoms with E-state index < -0.39 is 17.7 Å². The quantitative estimate of drug-likeness (QED) is 0.318. The molecule has 0 unspecified atom stereocenters. The molecule has 0 aliphatic carbocycles. The number of nitrogens with two attached hydrogens (primary N) is 1. The van der Waals surface area contributed by atoms with Crippen LogP contribution in [-0.2, 0) is 17.8 Å². The predicted octanol–water partition coefficient (Wildman–Crippen LogP) is 3.43. The summed E-state index contributed by atoms with van der Waals surface area (Å²) in [5, 5.41) is 11.5. The fourth-order valence-electron chi connectivity index (χ4n) is 3.69. The number of amides is 1. The first kappa shape index (κ1) is 22.5. The van der Waals surface area contributed by atoms with Gasteiger partial charge in [-0.25, -0.2) is 19.3 Å². The van der Waals surface area contributed by atoms with E-state index in [-0.39, 0.29) is 18.1 Å². The first-order valence-electron chi connectivity index (χ1n) is 10.5. The Morgan fingerprint density at radius 2 is 2.03 bits per heavy atom. The van der Waals surface area contributed by atoms with E-state index in [1.165, 1.54) is 23.6 Å². The van der Waals surface area contributed by atoms with E-state index in [0.717, 1.165) is 16.3 Å². The van der Waals surface area contributed by atoms with Crippen molar-refractivity contribution in [3.63, 3.8) is 0 Å². The molecule has 0 aliphatic heterocycles. The lowest BCUT2D eigenvalue weighted by atomic mass is 9.98. The number of primary amides is 1. The van der Waals surface area contributed by atoms with Crippen LogP contribution in [-0.4, -0.2) is 42.4 Å². The molecule has 5 aromatic rings. The molecule has 4 aromatic heterocycles. The van der Waals surface area contributed by atoms with Gasteiger partial charge >= 0.3 is 0 Å². The average molecular weight is 493 g/mol. The van der Waals surface area contributed by atoms with Crippen molar-refractivity contribution in [2.45, 2.75) is 13.0 Å². The monoisotopic (exact) mass is 492 g/mol. The molecule has 0 saturated heterocycles. The molecular weight excluding hydrogens is 474 g/mol. The highest BCUT2D eigenvalue weighted by atomic mass is 32.1. The van der Waals surface area contributed by atoms with Gasteiger partial charge in [0.15, 0.2) is 5.82 Å². The molecule has 0 aliphatic rings. The van der Waals surface area contributed by atoms with E-state index in [0.29, 0.717) is 34.7 Å². The van der Waals surface area contributed by atoms with Crippen molar-refractivity contribution in [3.8, 4) is 21.7 Å². The van der Waals surface area contributed by atoms with Crippen LogP contribution in [0.15, 0.2) is 55.1 Å². The normalized spacial score (nSPS) is 11.1. The zero-order valence-electron chi connectivity index (χ0n) is 18.2. The number of pyridine rings is 1. The highest BCUT2D eigenvalue weighted by Crippen LogP contribution is 2.40. The third-order valence-corrected chi connectivity index (χ3v) is 6.42. The summed E-state index contributed by atoms with van der Waals surface area (Å²) in [5.41, 5.74) is 7.22. The van der Waals surface area contributed by atoms with Gasteiger partial charge in [-0.05, 0) is 22.6 Å². The first-order valence-corrected chi connectivity index (χ1v) is 11.4. The Hall–Kier alpha value is -4.32. The van der Waals surface area contributed by atoms with Gasteiger partial charge in [-0.15, -0.1) is 16.4 Å². The second-order valence-electron chi connectivity index (χ2n) is 7.62. The number of aromatic nitrogens is 6. The van der Waals surface area contributed by atoms with E-state index in [4.69, 9.17) is 5.73 Å². The number of nitrogens with one attached hydrogen (secondary N) is 1. The van der Waals surface area contributed by atoms with Crippen molar-refractivity contribution in [3.05, 3.63) is 72.4 Å². The summed E-state index contributed by atoms with van der Waals surface area (Å²) in [6.45, 7) is 1.01. The van der Waals surface area contributed by atoms with Crippen LogP contribution in [0.25, 0.3) is 31.8 Å². The Bertz CT molecular complexity index is 1520. The standard InChI is InChI=1S/C23H18F2N8OS/c24-17-12-29-23(27-4-6-33-7-5-30-32-33)31-21(17)18-8-13-2-1-3-15(22(13)35-18)16-10-19(25)28-11-14(16)9-20(26)34/h1-3,5,7-8,10-12H,4,6,9H2,(H2,26,34)(H,27,29,31). The Morgan fingerprint density at radius 1 is 1.14 bits per heavy atom. The number of thiophene rings is 1. The molecule has 0 bridgehead atoms. The van der Waals surface area contributed by atoms with Crippen LogP contribution in [0.1, 0.15) is 5.56 Å². The van der Waals surface area contributed by atoms with Crippen molar-refractivity contribution >= 4 is 33.3 Å². The van der Waals surface area contributed by atoms with Gasteiger partial charge in [0.25, 0.3) is 0 Å². The Balaban J connectivity index is 1.50. The number of anilines is 1. The lowest BCUT2D eigenvalue weighted by molar-refractivity contribution is -0.117. The summed E-state index contributed by atoms with van der Waals surface area (Å²) in [4.78, 5) is 24.2. The van der Waals surface area contributed by atoms with Crippen LogP contribution in [0.3, 0.4) is 0 Å². The molecule has 4 heterocycles. The molecule has 176 valence electrons. The third kappa shape index (κ3) is 4.82. The number of carbonyl (C=O) groups excluding carboxylic acids is 1. The van der Waals surface area contributed by atoms with Crippen LogP contribution >= 0.6 is 11.3 Å². The lowest BCUT2D eigenvalue weighted by Crippen LogP contribution is -2.14. The van der Waals surface area contributed by atoms with Gasteiger partial charge in [0, 0.05) is 35.3 Å². The molecule has 0 atom stereocenters. The Kier molecular flexibility index (Phi) is 6.10. The lowest BCUT2D eigenvalue weighted by Gasteiger charge is -2.09. The number of hydrogen-bond donors (Lipinski definition) is 2. The topological polar surface area (TPSA) is 125 Å². The number of nitrogens with zero attached hydrogens (tertiary/aromatic N) is 6. The molecule has 1 aromatic carbocycles. The van der Waals surface area contributed by atoms with E-state index >= 15 is 0 Å². The predicted molar refractivity (Wildman–Crippen MR) is 127 cm³/mol. The zero-order valence-corrected chi connectivity index (χ0v) is 19.0. The minimum absolute atomic E-state index is 0.0819. The highest BCUT2D eigenvalue weighted by molar-refractivity contribution is 7.22. The second-order valence-corrected chi connectivity index (χ2v) is 8.68. The van der Waals surface area contributed by atoms with Gasteiger partial charge in [-0.2, -0.15) is 4.39 Å². The number of hydrogen-bond acceptors (Lipinski definition) is 8. The summed E-state index contributed by atoms with van der Waals surface area (Å²) in [6.07, 6.45) is 5.66. The zero-order chi connectivity index (χ0) is 24.4. The molecule has 3 N–H and O–H groups in total. The maximum atomic E-state index is 14.7. The van der Waals surface area contributed by atoms with Crippen molar-refractivity contribution in [1.29, 1.82) is 0 Å². The smallest absolute Gasteiger partial charge is 0.223 e. The average Bonchev–Trinajstić information content (AvgIpc) is 3.51. The number of carbonyl (C=O) groups is 1. The van der Waals surface area contributed by atoms with Crippen LogP contribution in [0.2, 0.25) is 0 Å². The first-order chi connectivity index (χ1) is 17.0.